The molecule has 0 saturated carbocycles. The van der Waals surface area contributed by atoms with Crippen molar-refractivity contribution in [2.75, 3.05) is 5.32 Å². The minimum Gasteiger partial charge on any atom is -0.334 e. The number of amides is 1. The fourth-order valence-electron chi connectivity index (χ4n) is 2.09. The molecular weight excluding hydrogens is 433 g/mol. The highest BCUT2D eigenvalue weighted by atomic mass is 79.9. The summed E-state index contributed by atoms with van der Waals surface area (Å²) in [7, 11) is 1.65. The second-order valence-electron chi connectivity index (χ2n) is 4.70. The van der Waals surface area contributed by atoms with E-state index in [-0.39, 0.29) is 22.6 Å². The Hall–Kier alpha value is -1.98. The molecule has 0 radical (unpaired) electrons. The zero-order valence-electron chi connectivity index (χ0n) is 12.1. The molecule has 0 unspecified atom stereocenters. The van der Waals surface area contributed by atoms with Gasteiger partial charge in [0.15, 0.2) is 5.78 Å². The predicted molar refractivity (Wildman–Crippen MR) is 89.9 cm³/mol. The SMILES string of the molecule is CC(=O)c1c(Br)c(C(=O)Nc2ccc(F)c(C#N)c2)c(Br)n1C. The molecule has 5 nitrogen and oxygen atoms in total. The third-order valence-corrected chi connectivity index (χ3v) is 4.87. The van der Waals surface area contributed by atoms with Crippen LogP contribution in [0.15, 0.2) is 27.3 Å². The van der Waals surface area contributed by atoms with Gasteiger partial charge in [0.2, 0.25) is 0 Å². The standard InChI is InChI=1S/C15H10Br2FN3O2/c1-7(22)13-12(16)11(14(17)21(13)2)15(23)20-9-3-4-10(18)8(5-9)6-19/h3-5H,1-2H3,(H,20,23). The Kier molecular flexibility index (Phi) is 5.02. The lowest BCUT2D eigenvalue weighted by atomic mass is 10.2. The summed E-state index contributed by atoms with van der Waals surface area (Å²) >= 11 is 6.54. The summed E-state index contributed by atoms with van der Waals surface area (Å²) in [5.41, 5.74) is 0.692. The molecular formula is C15H10Br2FN3O2. The molecule has 0 fully saturated rings. The van der Waals surface area contributed by atoms with E-state index in [1.54, 1.807) is 17.7 Å². The van der Waals surface area contributed by atoms with Gasteiger partial charge in [-0.3, -0.25) is 9.59 Å². The number of nitrogens with zero attached hydrogens (tertiary/aromatic N) is 2. The van der Waals surface area contributed by atoms with Crippen molar-refractivity contribution in [3.05, 3.63) is 49.9 Å². The Morgan fingerprint density at radius 2 is 2.00 bits per heavy atom. The summed E-state index contributed by atoms with van der Waals surface area (Å²) in [6.45, 7) is 1.40. The predicted octanol–water partition coefficient (Wildman–Crippen LogP) is 4.02. The van der Waals surface area contributed by atoms with Crippen LogP contribution in [0.5, 0.6) is 0 Å². The Bertz CT molecular complexity index is 869. The van der Waals surface area contributed by atoms with E-state index in [2.05, 4.69) is 37.2 Å². The number of benzene rings is 1. The van der Waals surface area contributed by atoms with Gasteiger partial charge >= 0.3 is 0 Å². The minimum absolute atomic E-state index is 0.168. The Balaban J connectivity index is 2.41. The Labute approximate surface area is 148 Å². The first-order chi connectivity index (χ1) is 10.8. The average molecular weight is 443 g/mol. The maximum absolute atomic E-state index is 13.3. The third-order valence-electron chi connectivity index (χ3n) is 3.17. The number of hydrogen-bond acceptors (Lipinski definition) is 3. The van der Waals surface area contributed by atoms with Crippen LogP contribution in [0.1, 0.15) is 33.3 Å². The molecule has 0 aliphatic rings. The molecule has 0 aliphatic heterocycles. The van der Waals surface area contributed by atoms with E-state index >= 15 is 0 Å². The lowest BCUT2D eigenvalue weighted by Gasteiger charge is -2.06. The van der Waals surface area contributed by atoms with Crippen molar-refractivity contribution in [2.24, 2.45) is 7.05 Å². The molecule has 8 heteroatoms. The fraction of sp³-hybridized carbons (Fsp3) is 0.133. The van der Waals surface area contributed by atoms with Crippen LogP contribution in [0.3, 0.4) is 0 Å². The summed E-state index contributed by atoms with van der Waals surface area (Å²) in [5.74, 6) is -1.36. The lowest BCUT2D eigenvalue weighted by molar-refractivity contribution is 0.100. The van der Waals surface area contributed by atoms with E-state index in [1.807, 2.05) is 0 Å². The van der Waals surface area contributed by atoms with Crippen LogP contribution in [-0.2, 0) is 7.05 Å². The smallest absolute Gasteiger partial charge is 0.259 e. The maximum atomic E-state index is 13.3. The van der Waals surface area contributed by atoms with Crippen LogP contribution in [0.4, 0.5) is 10.1 Å². The lowest BCUT2D eigenvalue weighted by Crippen LogP contribution is -2.13. The molecule has 1 aromatic carbocycles. The molecule has 118 valence electrons. The summed E-state index contributed by atoms with van der Waals surface area (Å²) in [4.78, 5) is 24.1. The van der Waals surface area contributed by atoms with Crippen molar-refractivity contribution in [1.29, 1.82) is 5.26 Å². The molecule has 0 spiro atoms. The van der Waals surface area contributed by atoms with Crippen molar-refractivity contribution >= 4 is 49.2 Å². The van der Waals surface area contributed by atoms with Gasteiger partial charge in [0.1, 0.15) is 11.9 Å². The minimum atomic E-state index is -0.661. The molecule has 23 heavy (non-hydrogen) atoms. The van der Waals surface area contributed by atoms with Crippen LogP contribution in [0.2, 0.25) is 0 Å². The summed E-state index contributed by atoms with van der Waals surface area (Å²) in [6.07, 6.45) is 0. The highest BCUT2D eigenvalue weighted by molar-refractivity contribution is 9.11. The van der Waals surface area contributed by atoms with E-state index in [4.69, 9.17) is 5.26 Å². The number of rotatable bonds is 3. The monoisotopic (exact) mass is 441 g/mol. The zero-order chi connectivity index (χ0) is 17.3. The Morgan fingerprint density at radius 3 is 2.52 bits per heavy atom. The number of aromatic nitrogens is 1. The van der Waals surface area contributed by atoms with Crippen molar-refractivity contribution < 1.29 is 14.0 Å². The molecule has 1 N–H and O–H groups in total. The molecule has 0 saturated heterocycles. The average Bonchev–Trinajstić information content (AvgIpc) is 2.71. The van der Waals surface area contributed by atoms with Crippen LogP contribution < -0.4 is 5.32 Å². The van der Waals surface area contributed by atoms with Gasteiger partial charge in [-0.25, -0.2) is 4.39 Å². The molecule has 2 rings (SSSR count). The van der Waals surface area contributed by atoms with Gasteiger partial charge in [0, 0.05) is 19.7 Å². The molecule has 1 aromatic heterocycles. The maximum Gasteiger partial charge on any atom is 0.259 e. The number of nitriles is 1. The van der Waals surface area contributed by atoms with Gasteiger partial charge in [0.25, 0.3) is 5.91 Å². The van der Waals surface area contributed by atoms with E-state index in [9.17, 15) is 14.0 Å². The van der Waals surface area contributed by atoms with Gasteiger partial charge in [-0.2, -0.15) is 5.26 Å². The molecule has 2 aromatic rings. The van der Waals surface area contributed by atoms with Gasteiger partial charge in [0.05, 0.1) is 25.9 Å². The second-order valence-corrected chi connectivity index (χ2v) is 6.25. The number of hydrogen-bond donors (Lipinski definition) is 1. The van der Waals surface area contributed by atoms with Crippen molar-refractivity contribution in [3.63, 3.8) is 0 Å². The van der Waals surface area contributed by atoms with E-state index in [0.717, 1.165) is 6.07 Å². The first-order valence-corrected chi connectivity index (χ1v) is 7.92. The van der Waals surface area contributed by atoms with E-state index < -0.39 is 11.7 Å². The largest absolute Gasteiger partial charge is 0.334 e. The van der Waals surface area contributed by atoms with Gasteiger partial charge in [-0.1, -0.05) is 0 Å². The fourth-order valence-corrected chi connectivity index (χ4v) is 3.82. The number of carbonyl (C=O) groups excluding carboxylic acids is 2. The first kappa shape index (κ1) is 17.4. The number of nitrogens with one attached hydrogen (secondary N) is 1. The summed E-state index contributed by atoms with van der Waals surface area (Å²) in [6, 6.07) is 5.40. The number of Topliss-reactive ketones (excluding diaryl/α,β-unsaturated/α-hetero) is 1. The van der Waals surface area contributed by atoms with Crippen LogP contribution in [0, 0.1) is 17.1 Å². The molecule has 0 atom stereocenters. The second kappa shape index (κ2) is 6.64. The van der Waals surface area contributed by atoms with E-state index in [1.165, 1.54) is 19.1 Å². The van der Waals surface area contributed by atoms with Crippen molar-refractivity contribution in [1.82, 2.24) is 4.57 Å². The summed E-state index contributed by atoms with van der Waals surface area (Å²) in [5, 5.41) is 11.4. The number of halogens is 3. The van der Waals surface area contributed by atoms with Crippen LogP contribution >= 0.6 is 31.9 Å². The van der Waals surface area contributed by atoms with Gasteiger partial charge < -0.3 is 9.88 Å². The van der Waals surface area contributed by atoms with Gasteiger partial charge in [-0.05, 0) is 50.1 Å². The molecule has 1 amide bonds. The van der Waals surface area contributed by atoms with Crippen molar-refractivity contribution in [3.8, 4) is 6.07 Å². The van der Waals surface area contributed by atoms with Crippen LogP contribution in [-0.4, -0.2) is 16.3 Å². The van der Waals surface area contributed by atoms with Gasteiger partial charge in [-0.15, -0.1) is 0 Å². The zero-order valence-corrected chi connectivity index (χ0v) is 15.2. The normalized spacial score (nSPS) is 10.3. The molecule has 1 heterocycles. The quantitative estimate of drug-likeness (QED) is 0.729. The van der Waals surface area contributed by atoms with Crippen molar-refractivity contribution in [2.45, 2.75) is 6.92 Å². The Morgan fingerprint density at radius 1 is 1.35 bits per heavy atom. The highest BCUT2D eigenvalue weighted by Crippen LogP contribution is 2.32. The molecule has 0 bridgehead atoms. The highest BCUT2D eigenvalue weighted by Gasteiger charge is 2.25. The van der Waals surface area contributed by atoms with E-state index in [0.29, 0.717) is 14.8 Å². The summed E-state index contributed by atoms with van der Waals surface area (Å²) < 4.78 is 15.6. The molecule has 0 aliphatic carbocycles. The number of anilines is 1. The first-order valence-electron chi connectivity index (χ1n) is 6.33. The third kappa shape index (κ3) is 3.21. The number of ketones is 1. The van der Waals surface area contributed by atoms with Crippen LogP contribution in [0.25, 0.3) is 0 Å². The number of carbonyl (C=O) groups is 2. The topological polar surface area (TPSA) is 74.9 Å².